The highest BCUT2D eigenvalue weighted by molar-refractivity contribution is 7.91. The van der Waals surface area contributed by atoms with Gasteiger partial charge in [-0.05, 0) is 44.5 Å². The highest BCUT2D eigenvalue weighted by atomic mass is 32.2. The molecule has 0 spiro atoms. The monoisotopic (exact) mass is 356 g/mol. The largest absolute Gasteiger partial charge is 0.302 e. The van der Waals surface area contributed by atoms with Crippen LogP contribution in [0.3, 0.4) is 0 Å². The number of rotatable bonds is 6. The molecule has 0 atom stereocenters. The Hall–Kier alpha value is -1.80. The van der Waals surface area contributed by atoms with Gasteiger partial charge in [-0.2, -0.15) is 0 Å². The van der Waals surface area contributed by atoms with Gasteiger partial charge in [-0.25, -0.2) is 17.8 Å². The molecule has 5 nitrogen and oxygen atoms in total. The van der Waals surface area contributed by atoms with Crippen molar-refractivity contribution in [1.29, 1.82) is 0 Å². The van der Waals surface area contributed by atoms with Crippen molar-refractivity contribution in [3.05, 3.63) is 40.7 Å². The summed E-state index contributed by atoms with van der Waals surface area (Å²) in [6.07, 6.45) is 0.271. The predicted molar refractivity (Wildman–Crippen MR) is 87.9 cm³/mol. The van der Waals surface area contributed by atoms with Crippen LogP contribution in [0.25, 0.3) is 0 Å². The number of nitrogens with one attached hydrogen (secondary N) is 1. The van der Waals surface area contributed by atoms with E-state index in [0.717, 1.165) is 22.7 Å². The third kappa shape index (κ3) is 4.84. The van der Waals surface area contributed by atoms with E-state index < -0.39 is 15.7 Å². The first-order valence-electron chi connectivity index (χ1n) is 7.00. The second-order valence-electron chi connectivity index (χ2n) is 5.09. The number of thiazole rings is 1. The average molecular weight is 356 g/mol. The molecule has 1 N–H and O–H groups in total. The van der Waals surface area contributed by atoms with E-state index in [1.807, 2.05) is 13.8 Å². The maximum atomic E-state index is 12.8. The molecule has 1 amide bonds. The molecule has 2 aromatic rings. The molecule has 0 aliphatic rings. The summed E-state index contributed by atoms with van der Waals surface area (Å²) in [5.74, 6) is -0.924. The Labute approximate surface area is 138 Å². The van der Waals surface area contributed by atoms with Crippen LogP contribution in [-0.2, 0) is 14.6 Å². The van der Waals surface area contributed by atoms with E-state index in [9.17, 15) is 17.6 Å². The molecule has 23 heavy (non-hydrogen) atoms. The molecule has 0 fully saturated rings. The molecule has 0 saturated carbocycles. The lowest BCUT2D eigenvalue weighted by Gasteiger charge is -2.04. The Bertz CT molecular complexity index is 779. The van der Waals surface area contributed by atoms with E-state index in [0.29, 0.717) is 5.13 Å². The van der Waals surface area contributed by atoms with Crippen LogP contribution in [-0.4, -0.2) is 25.1 Å². The third-order valence-corrected chi connectivity index (χ3v) is 6.07. The van der Waals surface area contributed by atoms with Gasteiger partial charge in [-0.1, -0.05) is 0 Å². The fourth-order valence-corrected chi connectivity index (χ4v) is 4.03. The first-order chi connectivity index (χ1) is 10.8. The highest BCUT2D eigenvalue weighted by Gasteiger charge is 2.15. The fraction of sp³-hybridized carbons (Fsp3) is 0.333. The second-order valence-corrected chi connectivity index (χ2v) is 8.40. The first-order valence-corrected chi connectivity index (χ1v) is 9.47. The number of aryl methyl sites for hydroxylation is 2. The quantitative estimate of drug-likeness (QED) is 0.807. The Morgan fingerprint density at radius 2 is 1.91 bits per heavy atom. The molecular weight excluding hydrogens is 339 g/mol. The SMILES string of the molecule is Cc1nc(NC(=O)CCCS(=O)(=O)c2ccc(F)cc2)sc1C. The van der Waals surface area contributed by atoms with Gasteiger partial charge in [0.1, 0.15) is 5.82 Å². The zero-order valence-corrected chi connectivity index (χ0v) is 14.4. The van der Waals surface area contributed by atoms with E-state index in [2.05, 4.69) is 10.3 Å². The Kier molecular flexibility index (Phi) is 5.48. The van der Waals surface area contributed by atoms with Crippen molar-refractivity contribution >= 4 is 32.2 Å². The predicted octanol–water partition coefficient (Wildman–Crippen LogP) is 3.09. The van der Waals surface area contributed by atoms with Crippen LogP contribution in [0.15, 0.2) is 29.2 Å². The van der Waals surface area contributed by atoms with Gasteiger partial charge in [0.15, 0.2) is 15.0 Å². The average Bonchev–Trinajstić information content (AvgIpc) is 2.77. The van der Waals surface area contributed by atoms with Crippen molar-refractivity contribution in [2.45, 2.75) is 31.6 Å². The molecule has 0 bridgehead atoms. The third-order valence-electron chi connectivity index (χ3n) is 3.26. The zero-order valence-electron chi connectivity index (χ0n) is 12.8. The zero-order chi connectivity index (χ0) is 17.0. The summed E-state index contributed by atoms with van der Waals surface area (Å²) in [5, 5.41) is 3.18. The van der Waals surface area contributed by atoms with E-state index >= 15 is 0 Å². The number of sulfone groups is 1. The number of hydrogen-bond donors (Lipinski definition) is 1. The van der Waals surface area contributed by atoms with Gasteiger partial charge < -0.3 is 5.32 Å². The topological polar surface area (TPSA) is 76.1 Å². The number of halogens is 1. The van der Waals surface area contributed by atoms with E-state index in [-0.39, 0.29) is 29.4 Å². The summed E-state index contributed by atoms with van der Waals surface area (Å²) in [7, 11) is -3.51. The summed E-state index contributed by atoms with van der Waals surface area (Å²) < 4.78 is 37.0. The molecular formula is C15H17FN2O3S2. The van der Waals surface area contributed by atoms with Crippen molar-refractivity contribution in [3.63, 3.8) is 0 Å². The number of anilines is 1. The Morgan fingerprint density at radius 3 is 2.48 bits per heavy atom. The molecule has 1 aromatic heterocycles. The minimum Gasteiger partial charge on any atom is -0.302 e. The molecule has 0 unspecified atom stereocenters. The molecule has 0 radical (unpaired) electrons. The minimum atomic E-state index is -3.51. The lowest BCUT2D eigenvalue weighted by atomic mass is 10.3. The van der Waals surface area contributed by atoms with Gasteiger partial charge >= 0.3 is 0 Å². The summed E-state index contributed by atoms with van der Waals surface area (Å²) in [6, 6.07) is 4.66. The summed E-state index contributed by atoms with van der Waals surface area (Å²) >= 11 is 1.38. The maximum Gasteiger partial charge on any atom is 0.226 e. The van der Waals surface area contributed by atoms with Gasteiger partial charge in [0, 0.05) is 11.3 Å². The number of benzene rings is 1. The molecule has 124 valence electrons. The van der Waals surface area contributed by atoms with Crippen LogP contribution in [0.1, 0.15) is 23.4 Å². The lowest BCUT2D eigenvalue weighted by molar-refractivity contribution is -0.116. The van der Waals surface area contributed by atoms with Gasteiger partial charge in [-0.15, -0.1) is 11.3 Å². The Morgan fingerprint density at radius 1 is 1.26 bits per heavy atom. The summed E-state index contributed by atoms with van der Waals surface area (Å²) in [6.45, 7) is 3.77. The number of carbonyl (C=O) groups excluding carboxylic acids is 1. The highest BCUT2D eigenvalue weighted by Crippen LogP contribution is 2.21. The number of amides is 1. The van der Waals surface area contributed by atoms with Crippen LogP contribution in [0.2, 0.25) is 0 Å². The van der Waals surface area contributed by atoms with Crippen molar-refractivity contribution in [1.82, 2.24) is 4.98 Å². The van der Waals surface area contributed by atoms with Gasteiger partial charge in [0.05, 0.1) is 16.3 Å². The van der Waals surface area contributed by atoms with Crippen molar-refractivity contribution in [2.24, 2.45) is 0 Å². The molecule has 0 saturated heterocycles. The normalized spacial score (nSPS) is 11.4. The fourth-order valence-electron chi connectivity index (χ4n) is 1.89. The van der Waals surface area contributed by atoms with Crippen molar-refractivity contribution in [2.75, 3.05) is 11.1 Å². The van der Waals surface area contributed by atoms with Crippen LogP contribution >= 0.6 is 11.3 Å². The van der Waals surface area contributed by atoms with Gasteiger partial charge in [0.2, 0.25) is 5.91 Å². The summed E-state index contributed by atoms with van der Waals surface area (Å²) in [4.78, 5) is 17.1. The van der Waals surface area contributed by atoms with Gasteiger partial charge in [0.25, 0.3) is 0 Å². The standard InChI is InChI=1S/C15H17FN2O3S2/c1-10-11(2)22-15(17-10)18-14(19)4-3-9-23(20,21)13-7-5-12(16)6-8-13/h5-8H,3-4,9H2,1-2H3,(H,17,18,19). The van der Waals surface area contributed by atoms with Crippen LogP contribution in [0.4, 0.5) is 9.52 Å². The maximum absolute atomic E-state index is 12.8. The van der Waals surface area contributed by atoms with Crippen LogP contribution < -0.4 is 5.32 Å². The van der Waals surface area contributed by atoms with Crippen molar-refractivity contribution < 1.29 is 17.6 Å². The number of carbonyl (C=O) groups is 1. The molecule has 1 heterocycles. The number of nitrogens with zero attached hydrogens (tertiary/aromatic N) is 1. The Balaban J connectivity index is 1.86. The van der Waals surface area contributed by atoms with Crippen LogP contribution in [0.5, 0.6) is 0 Å². The number of hydrogen-bond acceptors (Lipinski definition) is 5. The molecule has 1 aromatic carbocycles. The van der Waals surface area contributed by atoms with Crippen molar-refractivity contribution in [3.8, 4) is 0 Å². The van der Waals surface area contributed by atoms with Crippen LogP contribution in [0, 0.1) is 19.7 Å². The second kappa shape index (κ2) is 7.18. The molecule has 8 heteroatoms. The molecule has 0 aliphatic carbocycles. The van der Waals surface area contributed by atoms with E-state index in [4.69, 9.17) is 0 Å². The van der Waals surface area contributed by atoms with Gasteiger partial charge in [-0.3, -0.25) is 4.79 Å². The molecule has 2 rings (SSSR count). The molecule has 0 aliphatic heterocycles. The number of aromatic nitrogens is 1. The minimum absolute atomic E-state index is 0.0606. The van der Waals surface area contributed by atoms with E-state index in [1.165, 1.54) is 23.5 Å². The summed E-state index contributed by atoms with van der Waals surface area (Å²) in [5.41, 5.74) is 0.865. The first kappa shape index (κ1) is 17.6. The smallest absolute Gasteiger partial charge is 0.226 e. The van der Waals surface area contributed by atoms with E-state index in [1.54, 1.807) is 0 Å². The lowest BCUT2D eigenvalue weighted by Crippen LogP contribution is -2.14.